The lowest BCUT2D eigenvalue weighted by atomic mass is 10.0. The molecule has 0 bridgehead atoms. The van der Waals surface area contributed by atoms with Gasteiger partial charge in [0.05, 0.1) is 45.6 Å². The van der Waals surface area contributed by atoms with E-state index >= 15 is 0 Å². The van der Waals surface area contributed by atoms with Crippen LogP contribution in [0.5, 0.6) is 0 Å². The van der Waals surface area contributed by atoms with Crippen molar-refractivity contribution in [3.63, 3.8) is 0 Å². The summed E-state index contributed by atoms with van der Waals surface area (Å²) in [6.07, 6.45) is 0. The average Bonchev–Trinajstić information content (AvgIpc) is 4.06. The molecule has 0 radical (unpaired) electrons. The van der Waals surface area contributed by atoms with Crippen LogP contribution in [0, 0.1) is 17.9 Å². The monoisotopic (exact) mass is 822 g/mol. The van der Waals surface area contributed by atoms with Crippen LogP contribution < -0.4 is 0 Å². The maximum absolute atomic E-state index is 11.2. The van der Waals surface area contributed by atoms with Crippen molar-refractivity contribution in [2.75, 3.05) is 0 Å². The van der Waals surface area contributed by atoms with Gasteiger partial charge in [-0.2, -0.15) is 5.26 Å². The molecule has 6 heteroatoms. The second kappa shape index (κ2) is 13.3. The Morgan fingerprint density at radius 3 is 1.35 bits per heavy atom. The predicted octanol–water partition coefficient (Wildman–Crippen LogP) is 16.4. The predicted molar refractivity (Wildman–Crippen MR) is 263 cm³/mol. The fourth-order valence-corrected chi connectivity index (χ4v) is 12.0. The minimum absolute atomic E-state index is 0.472. The van der Waals surface area contributed by atoms with Gasteiger partial charge < -0.3 is 9.13 Å². The van der Waals surface area contributed by atoms with Crippen LogP contribution in [0.25, 0.3) is 122 Å². The molecule has 0 saturated heterocycles. The summed E-state index contributed by atoms with van der Waals surface area (Å²) in [6.45, 7) is 8.75. The van der Waals surface area contributed by atoms with Gasteiger partial charge in [0.2, 0.25) is 5.69 Å². The zero-order chi connectivity index (χ0) is 41.1. The molecule has 9 aromatic carbocycles. The second-order valence-corrected chi connectivity index (χ2v) is 18.0. The summed E-state index contributed by atoms with van der Waals surface area (Å²) < 4.78 is 9.26. The third kappa shape index (κ3) is 5.03. The highest BCUT2D eigenvalue weighted by atomic mass is 32.1. The molecule has 4 nitrogen and oxygen atoms in total. The summed E-state index contributed by atoms with van der Waals surface area (Å²) in [5.41, 5.74) is 10.9. The molecule has 13 aromatic rings. The van der Waals surface area contributed by atoms with Crippen molar-refractivity contribution < 1.29 is 0 Å². The van der Waals surface area contributed by atoms with Gasteiger partial charge >= 0.3 is 0 Å². The molecular weight excluding hydrogens is 793 g/mol. The van der Waals surface area contributed by atoms with Crippen LogP contribution in [0.3, 0.4) is 0 Å². The van der Waals surface area contributed by atoms with Crippen LogP contribution in [0.15, 0.2) is 182 Å². The van der Waals surface area contributed by atoms with E-state index in [1.165, 1.54) is 40.3 Å². The number of fused-ring (bicyclic) bond motifs is 12. The summed E-state index contributed by atoms with van der Waals surface area (Å²) in [5.74, 6) is 0. The fraction of sp³-hybridized carbons (Fsp3) is 0. The Morgan fingerprint density at radius 2 is 0.855 bits per heavy atom. The molecular formula is C56H30N4S2. The van der Waals surface area contributed by atoms with E-state index in [1.807, 2.05) is 24.3 Å². The van der Waals surface area contributed by atoms with Crippen LogP contribution in [0.1, 0.15) is 5.56 Å². The number of hydrogen-bond acceptors (Lipinski definition) is 3. The minimum Gasteiger partial charge on any atom is -0.319 e. The van der Waals surface area contributed by atoms with Gasteiger partial charge in [-0.25, -0.2) is 4.85 Å². The van der Waals surface area contributed by atoms with E-state index in [0.717, 1.165) is 65.9 Å². The molecule has 4 heterocycles. The Balaban J connectivity index is 1.10. The van der Waals surface area contributed by atoms with E-state index in [4.69, 9.17) is 6.57 Å². The second-order valence-electron chi connectivity index (χ2n) is 15.9. The minimum atomic E-state index is 0.472. The van der Waals surface area contributed by atoms with Gasteiger partial charge in [0, 0.05) is 61.9 Å². The lowest BCUT2D eigenvalue weighted by Gasteiger charge is -2.16. The van der Waals surface area contributed by atoms with Crippen molar-refractivity contribution in [1.82, 2.24) is 9.13 Å². The first-order chi connectivity index (χ1) is 30.6. The topological polar surface area (TPSA) is 38.0 Å². The molecule has 0 fully saturated rings. The summed E-state index contributed by atoms with van der Waals surface area (Å²) >= 11 is 3.57. The summed E-state index contributed by atoms with van der Waals surface area (Å²) in [6, 6.07) is 67.0. The summed E-state index contributed by atoms with van der Waals surface area (Å²) in [5, 5.41) is 20.5. The Kier molecular flexibility index (Phi) is 7.44. The van der Waals surface area contributed by atoms with E-state index in [0.29, 0.717) is 22.6 Å². The molecule has 62 heavy (non-hydrogen) atoms. The van der Waals surface area contributed by atoms with E-state index in [9.17, 15) is 5.26 Å². The van der Waals surface area contributed by atoms with Crippen LogP contribution in [-0.4, -0.2) is 9.13 Å². The normalized spacial score (nSPS) is 11.8. The van der Waals surface area contributed by atoms with Crippen molar-refractivity contribution in [3.05, 3.63) is 199 Å². The van der Waals surface area contributed by atoms with Gasteiger partial charge in [-0.3, -0.25) is 0 Å². The van der Waals surface area contributed by atoms with Crippen molar-refractivity contribution in [1.29, 1.82) is 5.26 Å². The Hall–Kier alpha value is -8.00. The largest absolute Gasteiger partial charge is 0.319 e. The van der Waals surface area contributed by atoms with Gasteiger partial charge in [-0.1, -0.05) is 109 Å². The molecule has 0 aliphatic heterocycles. The number of thiophene rings is 2. The summed E-state index contributed by atoms with van der Waals surface area (Å²) in [7, 11) is 0. The van der Waals surface area contributed by atoms with Crippen LogP contribution in [-0.2, 0) is 0 Å². The quantitative estimate of drug-likeness (QED) is 0.163. The van der Waals surface area contributed by atoms with E-state index < -0.39 is 0 Å². The molecule has 0 amide bonds. The zero-order valence-electron chi connectivity index (χ0n) is 32.9. The molecule has 0 aliphatic rings. The first-order valence-corrected chi connectivity index (χ1v) is 22.1. The number of nitrogens with zero attached hydrogens (tertiary/aromatic N) is 4. The first kappa shape index (κ1) is 34.8. The van der Waals surface area contributed by atoms with E-state index in [2.05, 4.69) is 178 Å². The van der Waals surface area contributed by atoms with Crippen LogP contribution in [0.4, 0.5) is 5.69 Å². The van der Waals surface area contributed by atoms with E-state index in [1.54, 1.807) is 22.7 Å². The smallest absolute Gasteiger partial charge is 0.212 e. The molecule has 0 saturated carbocycles. The Bertz CT molecular complexity index is 3840. The number of rotatable bonds is 4. The third-order valence-corrected chi connectivity index (χ3v) is 14.8. The maximum Gasteiger partial charge on any atom is 0.212 e. The van der Waals surface area contributed by atoms with Gasteiger partial charge in [0.25, 0.3) is 0 Å². The molecule has 0 spiro atoms. The molecule has 4 aromatic heterocycles. The molecule has 0 N–H and O–H groups in total. The number of benzene rings is 9. The Labute approximate surface area is 363 Å². The molecule has 0 atom stereocenters. The first-order valence-electron chi connectivity index (χ1n) is 20.5. The molecule has 0 aliphatic carbocycles. The van der Waals surface area contributed by atoms with Gasteiger partial charge in [-0.15, -0.1) is 22.7 Å². The number of nitriles is 1. The summed E-state index contributed by atoms with van der Waals surface area (Å²) in [4.78, 5) is 4.25. The fourth-order valence-electron chi connectivity index (χ4n) is 9.72. The molecule has 286 valence electrons. The lowest BCUT2D eigenvalue weighted by Crippen LogP contribution is -2.01. The van der Waals surface area contributed by atoms with Crippen molar-refractivity contribution in [3.8, 4) is 39.7 Å². The SMILES string of the molecule is [C-]#[N+]c1cc(-n2c3ccc(-c4ccccc4)cc3c3cc4c(cc32)sc2ccccc24)c(C#N)cc1-n1c2ccc(-c3ccccc3)cc2c2cc3c(cc21)sc1ccccc13. The third-order valence-electron chi connectivity index (χ3n) is 12.6. The van der Waals surface area contributed by atoms with Gasteiger partial charge in [0.1, 0.15) is 6.07 Å². The number of aromatic nitrogens is 2. The van der Waals surface area contributed by atoms with Crippen molar-refractivity contribution in [2.24, 2.45) is 0 Å². The van der Waals surface area contributed by atoms with Gasteiger partial charge in [0.15, 0.2) is 0 Å². The van der Waals surface area contributed by atoms with Gasteiger partial charge in [-0.05, 0) is 95.1 Å². The highest BCUT2D eigenvalue weighted by molar-refractivity contribution is 7.26. The van der Waals surface area contributed by atoms with E-state index in [-0.39, 0.29) is 0 Å². The lowest BCUT2D eigenvalue weighted by molar-refractivity contribution is 1.14. The standard InChI is InChI=1S/C56H30N4S2/c1-58-46-29-49(59-47-22-20-35(33-12-4-2-5-13-33)24-40(47)42-27-44-38-16-8-10-18-53(38)61-55(44)30-50(42)59)37(32-57)26-52(46)60-48-23-21-36(34-14-6-3-7-15-34)25-41(48)43-28-45-39-17-9-11-19-54(39)62-56(45)31-51(43)60/h2-31H. The highest BCUT2D eigenvalue weighted by Gasteiger charge is 2.23. The van der Waals surface area contributed by atoms with Crippen LogP contribution in [0.2, 0.25) is 0 Å². The van der Waals surface area contributed by atoms with Crippen molar-refractivity contribution >= 4 is 112 Å². The maximum atomic E-state index is 11.2. The molecule has 0 unspecified atom stereocenters. The number of hydrogen-bond donors (Lipinski definition) is 0. The average molecular weight is 823 g/mol. The zero-order valence-corrected chi connectivity index (χ0v) is 34.6. The Morgan fingerprint density at radius 1 is 0.387 bits per heavy atom. The molecule has 13 rings (SSSR count). The van der Waals surface area contributed by atoms with Crippen molar-refractivity contribution in [2.45, 2.75) is 0 Å². The highest BCUT2D eigenvalue weighted by Crippen LogP contribution is 2.46. The van der Waals surface area contributed by atoms with Crippen LogP contribution >= 0.6 is 22.7 Å².